The number of rotatable bonds is 5. The highest BCUT2D eigenvalue weighted by Crippen LogP contribution is 2.34. The van der Waals surface area contributed by atoms with Gasteiger partial charge in [0.2, 0.25) is 17.4 Å². The van der Waals surface area contributed by atoms with Crippen LogP contribution in [-0.4, -0.2) is 45.7 Å². The predicted molar refractivity (Wildman–Crippen MR) is 140 cm³/mol. The minimum atomic E-state index is -0.839. The predicted octanol–water partition coefficient (Wildman–Crippen LogP) is 4.80. The number of carbonyl (C=O) groups excluding carboxylic acids is 1. The van der Waals surface area contributed by atoms with Crippen LogP contribution in [0.5, 0.6) is 11.6 Å². The first-order chi connectivity index (χ1) is 18.3. The van der Waals surface area contributed by atoms with Crippen molar-refractivity contribution in [1.82, 2.24) is 19.7 Å². The molecule has 192 valence electrons. The van der Waals surface area contributed by atoms with Crippen molar-refractivity contribution in [2.24, 2.45) is 0 Å². The molecule has 4 heterocycles. The molecule has 38 heavy (non-hydrogen) atoms. The SMILES string of the molecule is Cc1cc(Oc2c(F)cccc2F)ncc1-n1ncc(C(=O)c2cc3cc4c(cc3[nH]2)NCCN4C)c1N. The Hall–Kier alpha value is -4.93. The van der Waals surface area contributed by atoms with Gasteiger partial charge in [-0.1, -0.05) is 6.07 Å². The van der Waals surface area contributed by atoms with E-state index >= 15 is 0 Å². The van der Waals surface area contributed by atoms with Crippen LogP contribution in [0.3, 0.4) is 0 Å². The van der Waals surface area contributed by atoms with Crippen molar-refractivity contribution in [2.75, 3.05) is 36.1 Å². The summed E-state index contributed by atoms with van der Waals surface area (Å²) in [6, 6.07) is 10.8. The average Bonchev–Trinajstić information content (AvgIpc) is 3.48. The molecule has 0 atom stereocenters. The summed E-state index contributed by atoms with van der Waals surface area (Å²) in [4.78, 5) is 22.9. The van der Waals surface area contributed by atoms with Crippen LogP contribution in [0.25, 0.3) is 16.6 Å². The first-order valence-corrected chi connectivity index (χ1v) is 11.9. The van der Waals surface area contributed by atoms with E-state index in [2.05, 4.69) is 25.3 Å². The van der Waals surface area contributed by atoms with Gasteiger partial charge in [-0.2, -0.15) is 5.10 Å². The van der Waals surface area contributed by atoms with Crippen LogP contribution in [-0.2, 0) is 0 Å². The zero-order chi connectivity index (χ0) is 26.6. The van der Waals surface area contributed by atoms with Crippen LogP contribution in [0.4, 0.5) is 26.0 Å². The Labute approximate surface area is 215 Å². The molecule has 2 aromatic carbocycles. The molecule has 4 N–H and O–H groups in total. The largest absolute Gasteiger partial charge is 0.433 e. The fourth-order valence-electron chi connectivity index (χ4n) is 4.58. The number of hydrogen-bond acceptors (Lipinski definition) is 7. The zero-order valence-corrected chi connectivity index (χ0v) is 20.5. The van der Waals surface area contributed by atoms with Crippen molar-refractivity contribution in [3.8, 4) is 17.3 Å². The minimum Gasteiger partial charge on any atom is -0.433 e. The summed E-state index contributed by atoms with van der Waals surface area (Å²) in [5.41, 5.74) is 11.0. The lowest BCUT2D eigenvalue weighted by atomic mass is 10.1. The number of anilines is 3. The molecule has 1 aliphatic heterocycles. The Morgan fingerprint density at radius 2 is 1.89 bits per heavy atom. The number of aromatic amines is 1. The topological polar surface area (TPSA) is 114 Å². The van der Waals surface area contributed by atoms with E-state index in [4.69, 9.17) is 10.5 Å². The fourth-order valence-corrected chi connectivity index (χ4v) is 4.58. The number of ether oxygens (including phenoxy) is 1. The maximum atomic E-state index is 14.0. The van der Waals surface area contributed by atoms with Gasteiger partial charge in [0.1, 0.15) is 5.82 Å². The van der Waals surface area contributed by atoms with Crippen molar-refractivity contribution in [2.45, 2.75) is 6.92 Å². The molecular formula is C27H23F2N7O2. The number of halogens is 2. The molecule has 3 aromatic heterocycles. The fraction of sp³-hybridized carbons (Fsp3) is 0.148. The molecule has 0 saturated carbocycles. The van der Waals surface area contributed by atoms with Gasteiger partial charge in [-0.15, -0.1) is 0 Å². The van der Waals surface area contributed by atoms with Gasteiger partial charge in [0.25, 0.3) is 0 Å². The quantitative estimate of drug-likeness (QED) is 0.288. The van der Waals surface area contributed by atoms with Gasteiger partial charge in [0.05, 0.1) is 40.7 Å². The molecule has 0 unspecified atom stereocenters. The number of benzene rings is 2. The molecule has 0 saturated heterocycles. The molecule has 9 nitrogen and oxygen atoms in total. The highest BCUT2D eigenvalue weighted by molar-refractivity contribution is 6.13. The highest BCUT2D eigenvalue weighted by atomic mass is 19.1. The number of para-hydroxylation sites is 1. The van der Waals surface area contributed by atoms with Gasteiger partial charge in [0, 0.05) is 37.1 Å². The monoisotopic (exact) mass is 515 g/mol. The Balaban J connectivity index is 1.29. The van der Waals surface area contributed by atoms with Crippen LogP contribution in [0.1, 0.15) is 21.6 Å². The first kappa shape index (κ1) is 23.5. The summed E-state index contributed by atoms with van der Waals surface area (Å²) in [5, 5.41) is 8.60. The molecular weight excluding hydrogens is 492 g/mol. The molecule has 0 fully saturated rings. The van der Waals surface area contributed by atoms with E-state index in [1.54, 1.807) is 13.0 Å². The molecule has 0 bridgehead atoms. The van der Waals surface area contributed by atoms with Crippen LogP contribution < -0.4 is 20.7 Å². The number of nitrogens with two attached hydrogens (primary N) is 1. The lowest BCUT2D eigenvalue weighted by Gasteiger charge is -2.28. The van der Waals surface area contributed by atoms with E-state index < -0.39 is 17.4 Å². The lowest BCUT2D eigenvalue weighted by molar-refractivity contribution is 0.103. The van der Waals surface area contributed by atoms with E-state index in [0.29, 0.717) is 16.9 Å². The van der Waals surface area contributed by atoms with Crippen LogP contribution in [0.15, 0.2) is 54.9 Å². The summed E-state index contributed by atoms with van der Waals surface area (Å²) in [5.74, 6) is -2.39. The third kappa shape index (κ3) is 3.88. The zero-order valence-electron chi connectivity index (χ0n) is 20.5. The Morgan fingerprint density at radius 3 is 2.66 bits per heavy atom. The van der Waals surface area contributed by atoms with Gasteiger partial charge < -0.3 is 25.7 Å². The normalized spacial score (nSPS) is 12.9. The number of ketones is 1. The number of fused-ring (bicyclic) bond motifs is 2. The van der Waals surface area contributed by atoms with Gasteiger partial charge >= 0.3 is 0 Å². The number of nitrogens with one attached hydrogen (secondary N) is 2. The summed E-state index contributed by atoms with van der Waals surface area (Å²) < 4.78 is 34.6. The van der Waals surface area contributed by atoms with E-state index in [1.807, 2.05) is 19.2 Å². The Bertz CT molecular complexity index is 1710. The maximum Gasteiger partial charge on any atom is 0.219 e. The summed E-state index contributed by atoms with van der Waals surface area (Å²) in [6.45, 7) is 3.49. The summed E-state index contributed by atoms with van der Waals surface area (Å²) in [6.07, 6.45) is 2.82. The number of aromatic nitrogens is 4. The molecule has 0 spiro atoms. The number of likely N-dealkylation sites (N-methyl/N-ethyl adjacent to an activating group) is 1. The summed E-state index contributed by atoms with van der Waals surface area (Å²) >= 11 is 0. The molecule has 0 amide bonds. The molecule has 6 rings (SSSR count). The van der Waals surface area contributed by atoms with Gasteiger partial charge in [0.15, 0.2) is 11.6 Å². The second-order valence-electron chi connectivity index (χ2n) is 9.13. The lowest BCUT2D eigenvalue weighted by Crippen LogP contribution is -2.30. The maximum absolute atomic E-state index is 14.0. The molecule has 5 aromatic rings. The number of hydrogen-bond donors (Lipinski definition) is 3. The van der Waals surface area contributed by atoms with E-state index in [0.717, 1.165) is 47.5 Å². The van der Waals surface area contributed by atoms with Crippen molar-refractivity contribution in [3.05, 3.63) is 83.3 Å². The number of aryl methyl sites for hydroxylation is 1. The Kier molecular flexibility index (Phi) is 5.48. The number of nitrogens with zero attached hydrogens (tertiary/aromatic N) is 4. The first-order valence-electron chi connectivity index (χ1n) is 11.9. The number of nitrogen functional groups attached to an aromatic ring is 1. The van der Waals surface area contributed by atoms with E-state index in [-0.39, 0.29) is 23.0 Å². The molecule has 0 aliphatic carbocycles. The second kappa shape index (κ2) is 8.87. The smallest absolute Gasteiger partial charge is 0.219 e. The molecule has 1 aliphatic rings. The third-order valence-corrected chi connectivity index (χ3v) is 6.62. The Morgan fingerprint density at radius 1 is 1.11 bits per heavy atom. The highest BCUT2D eigenvalue weighted by Gasteiger charge is 2.22. The third-order valence-electron chi connectivity index (χ3n) is 6.62. The minimum absolute atomic E-state index is 0.00168. The number of pyridine rings is 1. The van der Waals surface area contributed by atoms with Crippen molar-refractivity contribution in [3.63, 3.8) is 0 Å². The summed E-state index contributed by atoms with van der Waals surface area (Å²) in [7, 11) is 2.03. The van der Waals surface area contributed by atoms with Crippen molar-refractivity contribution >= 4 is 33.9 Å². The van der Waals surface area contributed by atoms with Crippen LogP contribution in [0.2, 0.25) is 0 Å². The van der Waals surface area contributed by atoms with Crippen molar-refractivity contribution < 1.29 is 18.3 Å². The van der Waals surface area contributed by atoms with Gasteiger partial charge in [-0.05, 0) is 42.8 Å². The van der Waals surface area contributed by atoms with Gasteiger partial charge in [-0.25, -0.2) is 18.4 Å². The second-order valence-corrected chi connectivity index (χ2v) is 9.13. The molecule has 0 radical (unpaired) electrons. The van der Waals surface area contributed by atoms with Crippen LogP contribution in [0, 0.1) is 18.6 Å². The average molecular weight is 516 g/mol. The van der Waals surface area contributed by atoms with E-state index in [9.17, 15) is 13.6 Å². The van der Waals surface area contributed by atoms with Crippen molar-refractivity contribution in [1.29, 1.82) is 0 Å². The molecule has 11 heteroatoms. The number of carbonyl (C=O) groups is 1. The number of H-pyrrole nitrogens is 1. The standard InChI is InChI=1S/C27H23F2N7O2/c1-14-8-24(38-26-17(28)4-3-5-18(26)29)32-13-23(14)36-27(30)16(12-33-36)25(37)21-9-15-10-22-20(11-19(15)34-21)31-6-7-35(22)2/h3-5,8-13,31,34H,6-7,30H2,1-2H3. The van der Waals surface area contributed by atoms with Crippen LogP contribution >= 0.6 is 0 Å². The van der Waals surface area contributed by atoms with E-state index in [1.165, 1.54) is 29.2 Å². The van der Waals surface area contributed by atoms with Gasteiger partial charge in [-0.3, -0.25) is 4.79 Å².